The lowest BCUT2D eigenvalue weighted by Gasteiger charge is -2.22. The molecule has 0 spiro atoms. The van der Waals surface area contributed by atoms with E-state index in [1.165, 1.54) is 6.92 Å². The predicted octanol–water partition coefficient (Wildman–Crippen LogP) is 2.02. The van der Waals surface area contributed by atoms with Gasteiger partial charge >= 0.3 is 5.97 Å². The molecule has 0 aromatic heterocycles. The summed E-state index contributed by atoms with van der Waals surface area (Å²) >= 11 is 0. The zero-order valence-corrected chi connectivity index (χ0v) is 10.9. The van der Waals surface area contributed by atoms with E-state index in [1.54, 1.807) is 0 Å². The summed E-state index contributed by atoms with van der Waals surface area (Å²) in [6.07, 6.45) is 0. The van der Waals surface area contributed by atoms with E-state index >= 15 is 0 Å². The van der Waals surface area contributed by atoms with E-state index in [4.69, 9.17) is 5.11 Å². The van der Waals surface area contributed by atoms with Crippen LogP contribution < -0.4 is 5.32 Å². The fourth-order valence-electron chi connectivity index (χ4n) is 1.86. The van der Waals surface area contributed by atoms with Crippen molar-refractivity contribution >= 4 is 11.9 Å². The van der Waals surface area contributed by atoms with Crippen LogP contribution in [0.2, 0.25) is 0 Å². The highest BCUT2D eigenvalue weighted by atomic mass is 16.4. The predicted molar refractivity (Wildman–Crippen MR) is 69.3 cm³/mol. The molecule has 0 aliphatic heterocycles. The maximum Gasteiger partial charge on any atom is 0.325 e. The molecule has 0 heterocycles. The topological polar surface area (TPSA) is 66.4 Å². The average Bonchev–Trinajstić information content (AvgIpc) is 2.29. The molecule has 4 heteroatoms. The summed E-state index contributed by atoms with van der Waals surface area (Å²) in [6, 6.07) is 8.53. The zero-order chi connectivity index (χ0) is 13.7. The van der Waals surface area contributed by atoms with E-state index in [2.05, 4.69) is 5.32 Å². The van der Waals surface area contributed by atoms with Crippen molar-refractivity contribution in [1.29, 1.82) is 0 Å². The van der Waals surface area contributed by atoms with E-state index in [9.17, 15) is 9.59 Å². The van der Waals surface area contributed by atoms with Crippen molar-refractivity contribution in [2.45, 2.75) is 32.7 Å². The molecule has 4 nitrogen and oxygen atoms in total. The third-order valence-electron chi connectivity index (χ3n) is 2.84. The SMILES string of the molecule is CC(C)C(C(=O)N[C@H](C)C(=O)O)c1ccccc1. The highest BCUT2D eigenvalue weighted by Gasteiger charge is 2.26. The Morgan fingerprint density at radius 2 is 1.67 bits per heavy atom. The number of carbonyl (C=O) groups is 2. The Kier molecular flexibility index (Phi) is 4.89. The van der Waals surface area contributed by atoms with Gasteiger partial charge in [0.2, 0.25) is 5.91 Å². The van der Waals surface area contributed by atoms with Crippen LogP contribution in [0.25, 0.3) is 0 Å². The molecule has 1 rings (SSSR count). The van der Waals surface area contributed by atoms with Gasteiger partial charge in [0.25, 0.3) is 0 Å². The van der Waals surface area contributed by atoms with Crippen molar-refractivity contribution in [3.05, 3.63) is 35.9 Å². The fourth-order valence-corrected chi connectivity index (χ4v) is 1.86. The minimum atomic E-state index is -1.03. The van der Waals surface area contributed by atoms with Crippen molar-refractivity contribution in [2.75, 3.05) is 0 Å². The van der Waals surface area contributed by atoms with Gasteiger partial charge in [-0.3, -0.25) is 9.59 Å². The first-order valence-electron chi connectivity index (χ1n) is 6.01. The number of hydrogen-bond donors (Lipinski definition) is 2. The van der Waals surface area contributed by atoms with Crippen molar-refractivity contribution in [3.63, 3.8) is 0 Å². The molecule has 2 atom stereocenters. The largest absolute Gasteiger partial charge is 0.480 e. The quantitative estimate of drug-likeness (QED) is 0.839. The first-order valence-corrected chi connectivity index (χ1v) is 6.01. The van der Waals surface area contributed by atoms with Crippen LogP contribution in [0.5, 0.6) is 0 Å². The Morgan fingerprint density at radius 3 is 2.11 bits per heavy atom. The van der Waals surface area contributed by atoms with Crippen molar-refractivity contribution < 1.29 is 14.7 Å². The van der Waals surface area contributed by atoms with Crippen molar-refractivity contribution in [2.24, 2.45) is 5.92 Å². The second-order valence-corrected chi connectivity index (χ2v) is 4.70. The highest BCUT2D eigenvalue weighted by Crippen LogP contribution is 2.24. The van der Waals surface area contributed by atoms with Gasteiger partial charge in [-0.1, -0.05) is 44.2 Å². The number of hydrogen-bond acceptors (Lipinski definition) is 2. The van der Waals surface area contributed by atoms with Gasteiger partial charge in [-0.05, 0) is 18.4 Å². The van der Waals surface area contributed by atoms with Gasteiger partial charge in [0.1, 0.15) is 6.04 Å². The summed E-state index contributed by atoms with van der Waals surface area (Å²) in [7, 11) is 0. The van der Waals surface area contributed by atoms with E-state index in [0.717, 1.165) is 5.56 Å². The van der Waals surface area contributed by atoms with Crippen LogP contribution in [0.1, 0.15) is 32.3 Å². The van der Waals surface area contributed by atoms with E-state index in [1.807, 2.05) is 44.2 Å². The molecule has 0 aliphatic rings. The third kappa shape index (κ3) is 3.58. The van der Waals surface area contributed by atoms with Crippen LogP contribution in [-0.2, 0) is 9.59 Å². The molecule has 1 aromatic rings. The number of carboxylic acid groups (broad SMARTS) is 1. The number of aliphatic carboxylic acids is 1. The summed E-state index contributed by atoms with van der Waals surface area (Å²) in [5.41, 5.74) is 0.905. The smallest absolute Gasteiger partial charge is 0.325 e. The van der Waals surface area contributed by atoms with Gasteiger partial charge in [0, 0.05) is 0 Å². The van der Waals surface area contributed by atoms with Crippen LogP contribution in [0.15, 0.2) is 30.3 Å². The normalized spacial score (nSPS) is 14.0. The standard InChI is InChI=1S/C14H19NO3/c1-9(2)12(11-7-5-4-6-8-11)13(16)15-10(3)14(17)18/h4-10,12H,1-3H3,(H,15,16)(H,17,18)/t10-,12?/m1/s1. The maximum atomic E-state index is 12.1. The Balaban J connectivity index is 2.87. The molecule has 0 saturated heterocycles. The lowest BCUT2D eigenvalue weighted by Crippen LogP contribution is -2.42. The van der Waals surface area contributed by atoms with Gasteiger partial charge < -0.3 is 10.4 Å². The fraction of sp³-hybridized carbons (Fsp3) is 0.429. The minimum Gasteiger partial charge on any atom is -0.480 e. The van der Waals surface area contributed by atoms with Crippen LogP contribution in [-0.4, -0.2) is 23.0 Å². The molecule has 18 heavy (non-hydrogen) atoms. The Bertz CT molecular complexity index is 414. The number of nitrogens with one attached hydrogen (secondary N) is 1. The molecular weight excluding hydrogens is 230 g/mol. The monoisotopic (exact) mass is 249 g/mol. The first-order chi connectivity index (χ1) is 8.43. The molecule has 0 bridgehead atoms. The summed E-state index contributed by atoms with van der Waals surface area (Å²) in [6.45, 7) is 5.36. The van der Waals surface area contributed by atoms with Crippen LogP contribution in [0.3, 0.4) is 0 Å². The van der Waals surface area contributed by atoms with Crippen LogP contribution in [0, 0.1) is 5.92 Å². The molecule has 0 saturated carbocycles. The second kappa shape index (κ2) is 6.19. The third-order valence-corrected chi connectivity index (χ3v) is 2.84. The molecular formula is C14H19NO3. The number of benzene rings is 1. The molecule has 0 aliphatic carbocycles. The number of rotatable bonds is 5. The van der Waals surface area contributed by atoms with Crippen LogP contribution >= 0.6 is 0 Å². The molecule has 0 radical (unpaired) electrons. The number of amides is 1. The Hall–Kier alpha value is -1.84. The van der Waals surface area contributed by atoms with E-state index in [0.29, 0.717) is 0 Å². The van der Waals surface area contributed by atoms with E-state index in [-0.39, 0.29) is 17.7 Å². The van der Waals surface area contributed by atoms with Gasteiger partial charge in [0.05, 0.1) is 5.92 Å². The molecule has 1 unspecified atom stereocenters. The molecule has 2 N–H and O–H groups in total. The summed E-state index contributed by atoms with van der Waals surface area (Å²) in [5, 5.41) is 11.3. The summed E-state index contributed by atoms with van der Waals surface area (Å²) in [5.74, 6) is -1.49. The average molecular weight is 249 g/mol. The number of carbonyl (C=O) groups excluding carboxylic acids is 1. The van der Waals surface area contributed by atoms with Gasteiger partial charge in [-0.25, -0.2) is 0 Å². The molecule has 1 aromatic carbocycles. The van der Waals surface area contributed by atoms with Gasteiger partial charge in [-0.2, -0.15) is 0 Å². The lowest BCUT2D eigenvalue weighted by atomic mass is 9.87. The summed E-state index contributed by atoms with van der Waals surface area (Å²) in [4.78, 5) is 22.9. The summed E-state index contributed by atoms with van der Waals surface area (Å²) < 4.78 is 0. The second-order valence-electron chi connectivity index (χ2n) is 4.70. The Morgan fingerprint density at radius 1 is 1.11 bits per heavy atom. The minimum absolute atomic E-state index is 0.105. The van der Waals surface area contributed by atoms with Crippen molar-refractivity contribution in [1.82, 2.24) is 5.32 Å². The maximum absolute atomic E-state index is 12.1. The lowest BCUT2D eigenvalue weighted by molar-refractivity contribution is -0.141. The van der Waals surface area contributed by atoms with Crippen molar-refractivity contribution in [3.8, 4) is 0 Å². The number of carboxylic acids is 1. The van der Waals surface area contributed by atoms with Gasteiger partial charge in [-0.15, -0.1) is 0 Å². The van der Waals surface area contributed by atoms with Gasteiger partial charge in [0.15, 0.2) is 0 Å². The van der Waals surface area contributed by atoms with E-state index < -0.39 is 12.0 Å². The highest BCUT2D eigenvalue weighted by molar-refractivity contribution is 5.88. The first kappa shape index (κ1) is 14.2. The Labute approximate surface area is 107 Å². The molecule has 0 fully saturated rings. The molecule has 98 valence electrons. The zero-order valence-electron chi connectivity index (χ0n) is 10.9. The van der Waals surface area contributed by atoms with Crippen LogP contribution in [0.4, 0.5) is 0 Å². The molecule has 1 amide bonds.